The summed E-state index contributed by atoms with van der Waals surface area (Å²) >= 11 is 0. The Morgan fingerprint density at radius 1 is 1.29 bits per heavy atom. The first kappa shape index (κ1) is 11.1. The molecule has 0 aliphatic heterocycles. The van der Waals surface area contributed by atoms with Crippen molar-refractivity contribution in [3.05, 3.63) is 50.9 Å². The minimum Gasteiger partial charge on any atom is -0.494 e. The third kappa shape index (κ3) is 1.73. The maximum atomic E-state index is 13.5. The molecule has 2 aromatic rings. The van der Waals surface area contributed by atoms with Crippen molar-refractivity contribution in [2.45, 2.75) is 0 Å². The molecule has 0 unspecified atom stereocenters. The fourth-order valence-electron chi connectivity index (χ4n) is 1.52. The Balaban J connectivity index is 2.87. The van der Waals surface area contributed by atoms with E-state index >= 15 is 0 Å². The van der Waals surface area contributed by atoms with Gasteiger partial charge in [-0.2, -0.15) is 0 Å². The first-order chi connectivity index (χ1) is 8.02. The molecule has 1 aromatic carbocycles. The molecule has 1 aromatic heterocycles. The summed E-state index contributed by atoms with van der Waals surface area (Å²) in [5.41, 5.74) is -1.89. The van der Waals surface area contributed by atoms with E-state index in [-0.39, 0.29) is 11.1 Å². The topological polar surface area (TPSA) is 75.1 Å². The van der Waals surface area contributed by atoms with E-state index in [4.69, 9.17) is 0 Å². The van der Waals surface area contributed by atoms with Gasteiger partial charge in [0, 0.05) is 12.6 Å². The summed E-state index contributed by atoms with van der Waals surface area (Å²) < 4.78 is 14.4. The van der Waals surface area contributed by atoms with Crippen molar-refractivity contribution in [3.8, 4) is 17.0 Å². The molecule has 17 heavy (non-hydrogen) atoms. The van der Waals surface area contributed by atoms with Crippen LogP contribution in [0.4, 0.5) is 4.39 Å². The highest BCUT2D eigenvalue weighted by atomic mass is 19.1. The zero-order valence-corrected chi connectivity index (χ0v) is 8.90. The Morgan fingerprint density at radius 2 is 1.94 bits per heavy atom. The molecule has 0 fully saturated rings. The maximum absolute atomic E-state index is 13.5. The molecule has 2 rings (SSSR count). The van der Waals surface area contributed by atoms with Crippen LogP contribution < -0.4 is 11.2 Å². The minimum absolute atomic E-state index is 0.0538. The summed E-state index contributed by atoms with van der Waals surface area (Å²) in [6, 6.07) is 5.51. The van der Waals surface area contributed by atoms with Gasteiger partial charge in [-0.15, -0.1) is 0 Å². The van der Waals surface area contributed by atoms with Crippen LogP contribution in [0.5, 0.6) is 5.88 Å². The highest BCUT2D eigenvalue weighted by Crippen LogP contribution is 2.25. The Kier molecular flexibility index (Phi) is 2.55. The first-order valence-corrected chi connectivity index (χ1v) is 4.79. The predicted octanol–water partition coefficient (Wildman–Crippen LogP) is 0.585. The number of hydrogen-bond donors (Lipinski definition) is 2. The van der Waals surface area contributed by atoms with E-state index in [1.165, 1.54) is 31.3 Å². The van der Waals surface area contributed by atoms with E-state index in [0.717, 1.165) is 4.57 Å². The van der Waals surface area contributed by atoms with Crippen molar-refractivity contribution in [2.75, 3.05) is 0 Å². The lowest BCUT2D eigenvalue weighted by Crippen LogP contribution is -2.29. The summed E-state index contributed by atoms with van der Waals surface area (Å²) in [6.45, 7) is 0. The number of aromatic amines is 1. The fraction of sp³-hybridized carbons (Fsp3) is 0.0909. The van der Waals surface area contributed by atoms with E-state index in [9.17, 15) is 19.1 Å². The van der Waals surface area contributed by atoms with Crippen LogP contribution in [0.1, 0.15) is 0 Å². The number of hydrogen-bond acceptors (Lipinski definition) is 3. The normalized spacial score (nSPS) is 10.5. The molecular formula is C11H9FN2O3. The second-order valence-corrected chi connectivity index (χ2v) is 3.50. The molecule has 2 N–H and O–H groups in total. The van der Waals surface area contributed by atoms with Crippen LogP contribution in [0.2, 0.25) is 0 Å². The van der Waals surface area contributed by atoms with Gasteiger partial charge in [0.1, 0.15) is 11.4 Å². The Bertz CT molecular complexity index is 688. The number of H-pyrrole nitrogens is 1. The van der Waals surface area contributed by atoms with E-state index in [1.807, 2.05) is 4.98 Å². The minimum atomic E-state index is -0.823. The summed E-state index contributed by atoms with van der Waals surface area (Å²) in [5.74, 6) is -1.21. The molecule has 0 spiro atoms. The Labute approximate surface area is 94.8 Å². The van der Waals surface area contributed by atoms with Crippen LogP contribution in [0.25, 0.3) is 11.1 Å². The number of rotatable bonds is 1. The van der Waals surface area contributed by atoms with Crippen LogP contribution in [-0.2, 0) is 7.05 Å². The number of halogens is 1. The van der Waals surface area contributed by atoms with Crippen LogP contribution in [0.3, 0.4) is 0 Å². The lowest BCUT2D eigenvalue weighted by Gasteiger charge is -2.07. The molecular weight excluding hydrogens is 227 g/mol. The molecule has 88 valence electrons. The highest BCUT2D eigenvalue weighted by molar-refractivity contribution is 5.67. The van der Waals surface area contributed by atoms with Gasteiger partial charge in [-0.1, -0.05) is 18.2 Å². The summed E-state index contributed by atoms with van der Waals surface area (Å²) in [4.78, 5) is 24.8. The van der Waals surface area contributed by atoms with Gasteiger partial charge in [-0.05, 0) is 6.07 Å². The van der Waals surface area contributed by atoms with Gasteiger partial charge in [0.05, 0.1) is 0 Å². The lowest BCUT2D eigenvalue weighted by molar-refractivity contribution is 0.420. The number of nitrogens with zero attached hydrogens (tertiary/aromatic N) is 1. The largest absolute Gasteiger partial charge is 0.494 e. The third-order valence-electron chi connectivity index (χ3n) is 2.44. The number of aromatic nitrogens is 2. The van der Waals surface area contributed by atoms with Gasteiger partial charge in [0.2, 0.25) is 5.88 Å². The van der Waals surface area contributed by atoms with Gasteiger partial charge in [-0.3, -0.25) is 14.3 Å². The maximum Gasteiger partial charge on any atom is 0.330 e. The smallest absolute Gasteiger partial charge is 0.330 e. The average molecular weight is 236 g/mol. The highest BCUT2D eigenvalue weighted by Gasteiger charge is 2.16. The SMILES string of the molecule is Cn1c(O)c(-c2ccccc2F)c(=O)[nH]c1=O. The number of nitrogens with one attached hydrogen (secondary N) is 1. The monoisotopic (exact) mass is 236 g/mol. The van der Waals surface area contributed by atoms with Gasteiger partial charge in [-0.25, -0.2) is 9.18 Å². The van der Waals surface area contributed by atoms with E-state index < -0.39 is 22.9 Å². The molecule has 0 aliphatic rings. The Morgan fingerprint density at radius 3 is 2.59 bits per heavy atom. The zero-order chi connectivity index (χ0) is 12.6. The second kappa shape index (κ2) is 3.89. The van der Waals surface area contributed by atoms with Crippen molar-refractivity contribution in [2.24, 2.45) is 7.05 Å². The molecule has 0 saturated carbocycles. The van der Waals surface area contributed by atoms with Crippen molar-refractivity contribution in [3.63, 3.8) is 0 Å². The first-order valence-electron chi connectivity index (χ1n) is 4.79. The number of aromatic hydroxyl groups is 1. The van der Waals surface area contributed by atoms with Crippen LogP contribution in [0.15, 0.2) is 33.9 Å². The average Bonchev–Trinajstić information content (AvgIpc) is 2.29. The van der Waals surface area contributed by atoms with E-state index in [0.29, 0.717) is 0 Å². The van der Waals surface area contributed by atoms with E-state index in [1.54, 1.807) is 0 Å². The van der Waals surface area contributed by atoms with Gasteiger partial charge >= 0.3 is 5.69 Å². The van der Waals surface area contributed by atoms with Crippen molar-refractivity contribution >= 4 is 0 Å². The molecule has 5 nitrogen and oxygen atoms in total. The van der Waals surface area contributed by atoms with Crippen molar-refractivity contribution < 1.29 is 9.50 Å². The van der Waals surface area contributed by atoms with E-state index in [2.05, 4.69) is 0 Å². The molecule has 0 aliphatic carbocycles. The molecule has 0 radical (unpaired) electrons. The lowest BCUT2D eigenvalue weighted by atomic mass is 10.1. The van der Waals surface area contributed by atoms with Gasteiger partial charge in [0.25, 0.3) is 5.56 Å². The predicted molar refractivity (Wildman–Crippen MR) is 59.4 cm³/mol. The second-order valence-electron chi connectivity index (χ2n) is 3.50. The van der Waals surface area contributed by atoms with Crippen molar-refractivity contribution in [1.82, 2.24) is 9.55 Å². The zero-order valence-electron chi connectivity index (χ0n) is 8.90. The summed E-state index contributed by atoms with van der Waals surface area (Å²) in [5, 5.41) is 9.71. The van der Waals surface area contributed by atoms with Crippen LogP contribution in [0, 0.1) is 5.82 Å². The van der Waals surface area contributed by atoms with Crippen LogP contribution in [-0.4, -0.2) is 14.7 Å². The van der Waals surface area contributed by atoms with Crippen LogP contribution >= 0.6 is 0 Å². The molecule has 0 atom stereocenters. The summed E-state index contributed by atoms with van der Waals surface area (Å²) in [7, 11) is 1.28. The van der Waals surface area contributed by atoms with Gasteiger partial charge < -0.3 is 5.11 Å². The van der Waals surface area contributed by atoms with Gasteiger partial charge in [0.15, 0.2) is 0 Å². The molecule has 0 bridgehead atoms. The molecule has 0 saturated heterocycles. The van der Waals surface area contributed by atoms with Crippen molar-refractivity contribution in [1.29, 1.82) is 0 Å². The quantitative estimate of drug-likeness (QED) is 0.760. The summed E-state index contributed by atoms with van der Waals surface area (Å²) in [6.07, 6.45) is 0. The number of benzene rings is 1. The molecule has 1 heterocycles. The fourth-order valence-corrected chi connectivity index (χ4v) is 1.52. The standard InChI is InChI=1S/C11H9FN2O3/c1-14-10(16)8(9(15)13-11(14)17)6-4-2-3-5-7(6)12/h2-5,16H,1H3,(H,13,15,17). The Hall–Kier alpha value is -2.37. The molecule has 0 amide bonds. The third-order valence-corrected chi connectivity index (χ3v) is 2.44. The molecule has 6 heteroatoms.